The summed E-state index contributed by atoms with van der Waals surface area (Å²) < 4.78 is 8.50. The highest BCUT2D eigenvalue weighted by atomic mass is 79.9. The Balaban J connectivity index is 1.39. The molecule has 0 bridgehead atoms. The van der Waals surface area contributed by atoms with E-state index in [1.165, 1.54) is 0 Å². The number of amides is 2. The lowest BCUT2D eigenvalue weighted by molar-refractivity contribution is 0.0882. The van der Waals surface area contributed by atoms with Crippen LogP contribution < -0.4 is 15.8 Å². The SMILES string of the molecule is Cn1ncc2c(C(=O)NC3CCC(Oc4ncccc4C(N)=O)CC3)cc(Br)cc21. The molecule has 0 atom stereocenters. The number of ether oxygens (including phenoxy) is 1. The fourth-order valence-corrected chi connectivity index (χ4v) is 4.27. The molecule has 0 unspecified atom stereocenters. The highest BCUT2D eigenvalue weighted by Gasteiger charge is 2.26. The van der Waals surface area contributed by atoms with Crippen molar-refractivity contribution in [2.75, 3.05) is 0 Å². The quantitative estimate of drug-likeness (QED) is 0.593. The fourth-order valence-electron chi connectivity index (χ4n) is 3.82. The van der Waals surface area contributed by atoms with E-state index in [1.54, 1.807) is 29.2 Å². The highest BCUT2D eigenvalue weighted by Crippen LogP contribution is 2.27. The maximum atomic E-state index is 12.9. The van der Waals surface area contributed by atoms with Gasteiger partial charge in [-0.1, -0.05) is 15.9 Å². The number of benzene rings is 1. The van der Waals surface area contributed by atoms with E-state index in [2.05, 4.69) is 31.3 Å². The number of nitrogens with one attached hydrogen (secondary N) is 1. The number of hydrogen-bond acceptors (Lipinski definition) is 5. The Hall–Kier alpha value is -2.94. The third kappa shape index (κ3) is 4.16. The molecular weight excluding hydrogens is 450 g/mol. The predicted molar refractivity (Wildman–Crippen MR) is 115 cm³/mol. The number of aryl methyl sites for hydroxylation is 1. The first-order valence-corrected chi connectivity index (χ1v) is 10.5. The first kappa shape index (κ1) is 20.3. The van der Waals surface area contributed by atoms with E-state index < -0.39 is 5.91 Å². The molecule has 1 aliphatic rings. The minimum absolute atomic E-state index is 0.0578. The zero-order valence-electron chi connectivity index (χ0n) is 16.5. The molecule has 1 saturated carbocycles. The average Bonchev–Trinajstić information content (AvgIpc) is 3.09. The van der Waals surface area contributed by atoms with Crippen LogP contribution in [0.5, 0.6) is 5.88 Å². The maximum Gasteiger partial charge on any atom is 0.254 e. The van der Waals surface area contributed by atoms with Gasteiger partial charge in [-0.2, -0.15) is 5.10 Å². The zero-order chi connectivity index (χ0) is 21.3. The molecule has 3 N–H and O–H groups in total. The molecule has 0 aliphatic heterocycles. The largest absolute Gasteiger partial charge is 0.474 e. The summed E-state index contributed by atoms with van der Waals surface area (Å²) >= 11 is 3.47. The molecule has 1 fully saturated rings. The van der Waals surface area contributed by atoms with E-state index in [-0.39, 0.29) is 29.5 Å². The third-order valence-corrected chi connectivity index (χ3v) is 5.86. The van der Waals surface area contributed by atoms with Crippen molar-refractivity contribution in [3.05, 3.63) is 52.3 Å². The summed E-state index contributed by atoms with van der Waals surface area (Å²) in [5, 5.41) is 8.22. The number of nitrogens with two attached hydrogens (primary N) is 1. The van der Waals surface area contributed by atoms with Gasteiger partial charge >= 0.3 is 0 Å². The van der Waals surface area contributed by atoms with E-state index in [9.17, 15) is 9.59 Å². The summed E-state index contributed by atoms with van der Waals surface area (Å²) in [6.07, 6.45) is 6.27. The van der Waals surface area contributed by atoms with Crippen molar-refractivity contribution in [2.45, 2.75) is 37.8 Å². The number of pyridine rings is 1. The Morgan fingerprint density at radius 2 is 2.00 bits per heavy atom. The Bertz CT molecular complexity index is 1110. The summed E-state index contributed by atoms with van der Waals surface area (Å²) in [4.78, 5) is 28.6. The molecule has 1 aliphatic carbocycles. The molecule has 0 spiro atoms. The van der Waals surface area contributed by atoms with Gasteiger partial charge in [-0.3, -0.25) is 14.3 Å². The number of nitrogens with zero attached hydrogens (tertiary/aromatic N) is 3. The van der Waals surface area contributed by atoms with Crippen molar-refractivity contribution in [2.24, 2.45) is 12.8 Å². The number of rotatable bonds is 5. The minimum Gasteiger partial charge on any atom is -0.474 e. The molecule has 1 aromatic carbocycles. The van der Waals surface area contributed by atoms with E-state index in [0.29, 0.717) is 5.56 Å². The molecule has 156 valence electrons. The highest BCUT2D eigenvalue weighted by molar-refractivity contribution is 9.10. The number of carbonyl (C=O) groups excluding carboxylic acids is 2. The van der Waals surface area contributed by atoms with Crippen LogP contribution in [-0.2, 0) is 7.05 Å². The number of halogens is 1. The van der Waals surface area contributed by atoms with Crippen LogP contribution in [0, 0.1) is 0 Å². The Labute approximate surface area is 181 Å². The van der Waals surface area contributed by atoms with Crippen molar-refractivity contribution in [3.63, 3.8) is 0 Å². The number of carbonyl (C=O) groups is 2. The Kier molecular flexibility index (Phi) is 5.72. The molecule has 2 amide bonds. The van der Waals surface area contributed by atoms with Crippen LogP contribution in [-0.4, -0.2) is 38.7 Å². The molecule has 8 nitrogen and oxygen atoms in total. The van der Waals surface area contributed by atoms with Crippen molar-refractivity contribution in [1.29, 1.82) is 0 Å². The molecule has 0 saturated heterocycles. The van der Waals surface area contributed by atoms with Crippen LogP contribution in [0.4, 0.5) is 0 Å². The zero-order valence-corrected chi connectivity index (χ0v) is 18.1. The molecular formula is C21H22BrN5O3. The molecule has 2 aromatic heterocycles. The van der Waals surface area contributed by atoms with Crippen LogP contribution in [0.15, 0.2) is 41.1 Å². The summed E-state index contributed by atoms with van der Waals surface area (Å²) in [6, 6.07) is 7.08. The second-order valence-corrected chi connectivity index (χ2v) is 8.36. The monoisotopic (exact) mass is 471 g/mol. The smallest absolute Gasteiger partial charge is 0.254 e. The van der Waals surface area contributed by atoms with Gasteiger partial charge in [0.05, 0.1) is 17.3 Å². The van der Waals surface area contributed by atoms with E-state index >= 15 is 0 Å². The second kappa shape index (κ2) is 8.43. The van der Waals surface area contributed by atoms with Crippen molar-refractivity contribution in [3.8, 4) is 5.88 Å². The number of primary amides is 1. The van der Waals surface area contributed by atoms with Gasteiger partial charge in [0.1, 0.15) is 11.7 Å². The molecule has 0 radical (unpaired) electrons. The molecule has 2 heterocycles. The predicted octanol–water partition coefficient (Wildman–Crippen LogP) is 2.95. The lowest BCUT2D eigenvalue weighted by Gasteiger charge is -2.29. The maximum absolute atomic E-state index is 12.9. The van der Waals surface area contributed by atoms with E-state index in [4.69, 9.17) is 10.5 Å². The van der Waals surface area contributed by atoms with Gasteiger partial charge in [-0.15, -0.1) is 0 Å². The van der Waals surface area contributed by atoms with Gasteiger partial charge in [0.15, 0.2) is 0 Å². The standard InChI is InChI=1S/C21H22BrN5O3/c1-27-18-10-12(22)9-16(17(18)11-25-27)20(29)26-13-4-6-14(7-5-13)30-21-15(19(23)28)3-2-8-24-21/h2-3,8-11,13-14H,4-7H2,1H3,(H2,23,28)(H,26,29). The van der Waals surface area contributed by atoms with E-state index in [1.807, 2.05) is 19.2 Å². The van der Waals surface area contributed by atoms with Gasteiger partial charge in [0.2, 0.25) is 5.88 Å². The Morgan fingerprint density at radius 3 is 2.73 bits per heavy atom. The van der Waals surface area contributed by atoms with Gasteiger partial charge < -0.3 is 15.8 Å². The van der Waals surface area contributed by atoms with Crippen LogP contribution in [0.1, 0.15) is 46.4 Å². The Morgan fingerprint density at radius 1 is 1.23 bits per heavy atom. The average molecular weight is 472 g/mol. The number of fused-ring (bicyclic) bond motifs is 1. The van der Waals surface area contributed by atoms with Gasteiger partial charge in [0.25, 0.3) is 11.8 Å². The normalized spacial score (nSPS) is 18.9. The minimum atomic E-state index is -0.560. The second-order valence-electron chi connectivity index (χ2n) is 7.44. The van der Waals surface area contributed by atoms with Crippen LogP contribution in [0.2, 0.25) is 0 Å². The van der Waals surface area contributed by atoms with Crippen molar-refractivity contribution < 1.29 is 14.3 Å². The number of hydrogen-bond donors (Lipinski definition) is 2. The van der Waals surface area contributed by atoms with Crippen LogP contribution in [0.25, 0.3) is 10.9 Å². The van der Waals surface area contributed by atoms with Gasteiger partial charge in [-0.25, -0.2) is 4.98 Å². The summed E-state index contributed by atoms with van der Waals surface area (Å²) in [7, 11) is 1.85. The topological polar surface area (TPSA) is 112 Å². The molecule has 30 heavy (non-hydrogen) atoms. The molecule has 3 aromatic rings. The lowest BCUT2D eigenvalue weighted by Crippen LogP contribution is -2.40. The van der Waals surface area contributed by atoms with Gasteiger partial charge in [-0.05, 0) is 49.9 Å². The summed E-state index contributed by atoms with van der Waals surface area (Å²) in [5.74, 6) is -0.403. The first-order valence-electron chi connectivity index (χ1n) is 9.76. The van der Waals surface area contributed by atoms with Crippen molar-refractivity contribution in [1.82, 2.24) is 20.1 Å². The van der Waals surface area contributed by atoms with Crippen LogP contribution >= 0.6 is 15.9 Å². The van der Waals surface area contributed by atoms with E-state index in [0.717, 1.165) is 41.1 Å². The molecule has 9 heteroatoms. The molecule has 4 rings (SSSR count). The summed E-state index contributed by atoms with van der Waals surface area (Å²) in [5.41, 5.74) is 7.17. The lowest BCUT2D eigenvalue weighted by atomic mass is 9.92. The first-order chi connectivity index (χ1) is 14.4. The number of aromatic nitrogens is 3. The van der Waals surface area contributed by atoms with Gasteiger partial charge in [0, 0.05) is 29.1 Å². The fraction of sp³-hybridized carbons (Fsp3) is 0.333. The third-order valence-electron chi connectivity index (χ3n) is 5.40. The summed E-state index contributed by atoms with van der Waals surface area (Å²) in [6.45, 7) is 0. The van der Waals surface area contributed by atoms with Crippen LogP contribution in [0.3, 0.4) is 0 Å². The van der Waals surface area contributed by atoms with Crippen molar-refractivity contribution >= 4 is 38.6 Å².